The normalized spacial score (nSPS) is 11.6. The summed E-state index contributed by atoms with van der Waals surface area (Å²) >= 11 is 0. The Hall–Kier alpha value is -2.02. The van der Waals surface area contributed by atoms with Gasteiger partial charge in [0, 0.05) is 18.3 Å². The summed E-state index contributed by atoms with van der Waals surface area (Å²) in [6.07, 6.45) is -2.99. The lowest BCUT2D eigenvalue weighted by atomic mass is 10.2. The topological polar surface area (TPSA) is 47.3 Å². The fraction of sp³-hybridized carbons (Fsp3) is 0.357. The Morgan fingerprint density at radius 1 is 1.24 bits per heavy atom. The lowest BCUT2D eigenvalue weighted by Gasteiger charge is -2.12. The monoisotopic (exact) mass is 300 g/mol. The van der Waals surface area contributed by atoms with Crippen LogP contribution in [0.5, 0.6) is 5.88 Å². The number of hydrogen-bond acceptors (Lipinski definition) is 4. The molecular weight excluding hydrogens is 285 g/mol. The highest BCUT2D eigenvalue weighted by Gasteiger charge is 2.29. The van der Waals surface area contributed by atoms with Crippen molar-refractivity contribution < 1.29 is 22.3 Å². The Balaban J connectivity index is 1.90. The summed E-state index contributed by atoms with van der Waals surface area (Å²) in [6, 6.07) is 7.00. The molecule has 0 spiro atoms. The molecule has 0 fully saturated rings. The molecule has 0 aliphatic rings. The van der Waals surface area contributed by atoms with Crippen LogP contribution in [0.4, 0.5) is 13.2 Å². The summed E-state index contributed by atoms with van der Waals surface area (Å²) in [5.41, 5.74) is 0.560. The second-order valence-electron chi connectivity index (χ2n) is 4.49. The summed E-state index contributed by atoms with van der Waals surface area (Å²) in [5.74, 6) is 1.55. The standard InChI is InChI=1S/C14H15F3N2O2/c1-10-4-5-12(21-10)8-18-7-11-3-2-6-19-13(11)20-9-14(15,16)17/h2-6,18H,7-9H2,1H3. The van der Waals surface area contributed by atoms with E-state index < -0.39 is 12.8 Å². The predicted molar refractivity (Wildman–Crippen MR) is 69.8 cm³/mol. The van der Waals surface area contributed by atoms with Gasteiger partial charge in [-0.1, -0.05) is 6.07 Å². The molecule has 0 amide bonds. The van der Waals surface area contributed by atoms with Crippen LogP contribution >= 0.6 is 0 Å². The average Bonchev–Trinajstić information content (AvgIpc) is 2.82. The van der Waals surface area contributed by atoms with Crippen LogP contribution in [0.2, 0.25) is 0 Å². The molecule has 0 atom stereocenters. The highest BCUT2D eigenvalue weighted by Crippen LogP contribution is 2.20. The lowest BCUT2D eigenvalue weighted by Crippen LogP contribution is -2.21. The Bertz CT molecular complexity index is 582. The van der Waals surface area contributed by atoms with Crippen molar-refractivity contribution in [3.05, 3.63) is 47.5 Å². The van der Waals surface area contributed by atoms with Gasteiger partial charge in [0.1, 0.15) is 11.5 Å². The summed E-state index contributed by atoms with van der Waals surface area (Å²) < 4.78 is 46.6. The number of aryl methyl sites for hydroxylation is 1. The van der Waals surface area contributed by atoms with Crippen LogP contribution in [0.1, 0.15) is 17.1 Å². The Morgan fingerprint density at radius 3 is 2.71 bits per heavy atom. The van der Waals surface area contributed by atoms with Crippen LogP contribution in [0.3, 0.4) is 0 Å². The molecule has 0 unspecified atom stereocenters. The van der Waals surface area contributed by atoms with E-state index in [4.69, 9.17) is 9.15 Å². The summed E-state index contributed by atoms with van der Waals surface area (Å²) in [7, 11) is 0. The molecule has 0 saturated carbocycles. The number of hydrogen-bond donors (Lipinski definition) is 1. The highest BCUT2D eigenvalue weighted by molar-refractivity contribution is 5.25. The van der Waals surface area contributed by atoms with E-state index >= 15 is 0 Å². The quantitative estimate of drug-likeness (QED) is 0.890. The molecule has 0 radical (unpaired) electrons. The first-order valence-electron chi connectivity index (χ1n) is 6.33. The predicted octanol–water partition coefficient (Wildman–Crippen LogP) is 3.21. The van der Waals surface area contributed by atoms with E-state index in [-0.39, 0.29) is 5.88 Å². The zero-order chi connectivity index (χ0) is 15.3. The molecule has 0 aliphatic heterocycles. The van der Waals surface area contributed by atoms with E-state index in [2.05, 4.69) is 10.3 Å². The van der Waals surface area contributed by atoms with Gasteiger partial charge in [-0.25, -0.2) is 4.98 Å². The Labute approximate surface area is 119 Å². The lowest BCUT2D eigenvalue weighted by molar-refractivity contribution is -0.154. The maximum atomic E-state index is 12.2. The summed E-state index contributed by atoms with van der Waals surface area (Å²) in [5, 5.41) is 3.07. The SMILES string of the molecule is Cc1ccc(CNCc2cccnc2OCC(F)(F)F)o1. The van der Waals surface area contributed by atoms with Gasteiger partial charge in [0.25, 0.3) is 0 Å². The van der Waals surface area contributed by atoms with Gasteiger partial charge < -0.3 is 14.5 Å². The number of aromatic nitrogens is 1. The zero-order valence-electron chi connectivity index (χ0n) is 11.4. The number of nitrogens with one attached hydrogen (secondary N) is 1. The molecule has 0 bridgehead atoms. The minimum Gasteiger partial charge on any atom is -0.468 e. The number of furan rings is 1. The van der Waals surface area contributed by atoms with E-state index in [1.165, 1.54) is 6.20 Å². The van der Waals surface area contributed by atoms with Crippen molar-refractivity contribution in [1.29, 1.82) is 0 Å². The maximum absolute atomic E-state index is 12.2. The van der Waals surface area contributed by atoms with Crippen LogP contribution in [-0.2, 0) is 13.1 Å². The van der Waals surface area contributed by atoms with Crippen LogP contribution in [-0.4, -0.2) is 17.8 Å². The smallest absolute Gasteiger partial charge is 0.422 e. The van der Waals surface area contributed by atoms with Crippen molar-refractivity contribution in [2.75, 3.05) is 6.61 Å². The Morgan fingerprint density at radius 2 is 2.05 bits per heavy atom. The van der Waals surface area contributed by atoms with Crippen molar-refractivity contribution in [3.63, 3.8) is 0 Å². The second kappa shape index (κ2) is 6.62. The van der Waals surface area contributed by atoms with Gasteiger partial charge in [0.15, 0.2) is 6.61 Å². The Kier molecular flexibility index (Phi) is 4.85. The molecule has 2 aromatic heterocycles. The first-order chi connectivity index (χ1) is 9.94. The molecule has 21 heavy (non-hydrogen) atoms. The molecule has 2 aromatic rings. The molecule has 2 heterocycles. The molecule has 0 saturated heterocycles. The zero-order valence-corrected chi connectivity index (χ0v) is 11.4. The largest absolute Gasteiger partial charge is 0.468 e. The molecule has 2 rings (SSSR count). The highest BCUT2D eigenvalue weighted by atomic mass is 19.4. The van der Waals surface area contributed by atoms with Gasteiger partial charge in [-0.2, -0.15) is 13.2 Å². The molecule has 4 nitrogen and oxygen atoms in total. The van der Waals surface area contributed by atoms with Crippen LogP contribution < -0.4 is 10.1 Å². The van der Waals surface area contributed by atoms with Crippen LogP contribution in [0, 0.1) is 6.92 Å². The van der Waals surface area contributed by atoms with E-state index in [0.717, 1.165) is 11.5 Å². The number of ether oxygens (including phenoxy) is 1. The summed E-state index contributed by atoms with van der Waals surface area (Å²) in [4.78, 5) is 3.83. The van der Waals surface area contributed by atoms with Gasteiger partial charge in [-0.3, -0.25) is 0 Å². The van der Waals surface area contributed by atoms with Gasteiger partial charge in [0.2, 0.25) is 5.88 Å². The molecule has 114 valence electrons. The first-order valence-corrected chi connectivity index (χ1v) is 6.33. The minimum atomic E-state index is -4.38. The van der Waals surface area contributed by atoms with Gasteiger partial charge in [-0.15, -0.1) is 0 Å². The van der Waals surface area contributed by atoms with Crippen molar-refractivity contribution in [3.8, 4) is 5.88 Å². The van der Waals surface area contributed by atoms with Gasteiger partial charge in [-0.05, 0) is 25.1 Å². The number of rotatable bonds is 6. The second-order valence-corrected chi connectivity index (χ2v) is 4.49. The molecular formula is C14H15F3N2O2. The van der Waals surface area contributed by atoms with E-state index in [9.17, 15) is 13.2 Å². The van der Waals surface area contributed by atoms with E-state index in [1.807, 2.05) is 19.1 Å². The van der Waals surface area contributed by atoms with E-state index in [1.54, 1.807) is 12.1 Å². The minimum absolute atomic E-state index is 0.0158. The number of halogens is 3. The third-order valence-electron chi connectivity index (χ3n) is 2.63. The number of nitrogens with zero attached hydrogens (tertiary/aromatic N) is 1. The van der Waals surface area contributed by atoms with Crippen LogP contribution in [0.15, 0.2) is 34.9 Å². The van der Waals surface area contributed by atoms with Gasteiger partial charge >= 0.3 is 6.18 Å². The molecule has 7 heteroatoms. The fourth-order valence-electron chi connectivity index (χ4n) is 1.74. The number of alkyl halides is 3. The maximum Gasteiger partial charge on any atom is 0.422 e. The van der Waals surface area contributed by atoms with Crippen molar-refractivity contribution >= 4 is 0 Å². The van der Waals surface area contributed by atoms with Crippen LogP contribution in [0.25, 0.3) is 0 Å². The third-order valence-corrected chi connectivity index (χ3v) is 2.63. The van der Waals surface area contributed by atoms with Crippen molar-refractivity contribution in [2.24, 2.45) is 0 Å². The molecule has 0 aromatic carbocycles. The van der Waals surface area contributed by atoms with E-state index in [0.29, 0.717) is 18.7 Å². The molecule has 0 aliphatic carbocycles. The first kappa shape index (κ1) is 15.4. The third kappa shape index (κ3) is 5.11. The molecule has 1 N–H and O–H groups in total. The average molecular weight is 300 g/mol. The number of pyridine rings is 1. The fourth-order valence-corrected chi connectivity index (χ4v) is 1.74. The van der Waals surface area contributed by atoms with Crippen molar-refractivity contribution in [1.82, 2.24) is 10.3 Å². The van der Waals surface area contributed by atoms with Crippen molar-refractivity contribution in [2.45, 2.75) is 26.2 Å². The summed E-state index contributed by atoms with van der Waals surface area (Å²) in [6.45, 7) is 1.30. The van der Waals surface area contributed by atoms with Gasteiger partial charge in [0.05, 0.1) is 6.54 Å².